The van der Waals surface area contributed by atoms with Crippen molar-refractivity contribution in [1.29, 1.82) is 5.26 Å². The highest BCUT2D eigenvalue weighted by Crippen LogP contribution is 2.33. The molecule has 0 heterocycles. The molecule has 0 bridgehead atoms. The Labute approximate surface area is 117 Å². The Hall–Kier alpha value is -2.51. The Morgan fingerprint density at radius 2 is 1.85 bits per heavy atom. The van der Waals surface area contributed by atoms with Crippen LogP contribution in [0.25, 0.3) is 0 Å². The number of hydrogen-bond donors (Lipinski definition) is 1. The van der Waals surface area contributed by atoms with Crippen molar-refractivity contribution in [3.63, 3.8) is 0 Å². The molecule has 0 unspecified atom stereocenters. The van der Waals surface area contributed by atoms with Crippen LogP contribution in [0, 0.1) is 18.3 Å². The van der Waals surface area contributed by atoms with Gasteiger partial charge in [-0.1, -0.05) is 12.1 Å². The van der Waals surface area contributed by atoms with E-state index in [0.717, 1.165) is 11.1 Å². The lowest BCUT2D eigenvalue weighted by Crippen LogP contribution is -1.94. The summed E-state index contributed by atoms with van der Waals surface area (Å²) in [6.45, 7) is 1.91. The van der Waals surface area contributed by atoms with E-state index in [1.165, 1.54) is 7.11 Å². The van der Waals surface area contributed by atoms with E-state index in [1.54, 1.807) is 30.3 Å². The molecule has 0 radical (unpaired) electrons. The smallest absolute Gasteiger partial charge is 0.169 e. The van der Waals surface area contributed by atoms with Crippen molar-refractivity contribution in [1.82, 2.24) is 0 Å². The summed E-state index contributed by atoms with van der Waals surface area (Å²) in [5.41, 5.74) is 2.27. The maximum Gasteiger partial charge on any atom is 0.169 e. The zero-order chi connectivity index (χ0) is 14.5. The summed E-state index contributed by atoms with van der Waals surface area (Å²) in [7, 11) is 1.53. The second-order valence-corrected chi connectivity index (χ2v) is 4.34. The van der Waals surface area contributed by atoms with Crippen molar-refractivity contribution in [2.24, 2.45) is 0 Å². The first-order valence-electron chi connectivity index (χ1n) is 6.14. The highest BCUT2D eigenvalue weighted by Gasteiger charge is 2.09. The Morgan fingerprint density at radius 1 is 1.10 bits per heavy atom. The topological polar surface area (TPSA) is 62.5 Å². The molecule has 4 heteroatoms. The van der Waals surface area contributed by atoms with Gasteiger partial charge < -0.3 is 14.6 Å². The molecule has 0 saturated carbocycles. The molecule has 0 aliphatic rings. The van der Waals surface area contributed by atoms with Crippen molar-refractivity contribution >= 4 is 0 Å². The number of ether oxygens (including phenoxy) is 2. The number of aliphatic hydroxyl groups is 1. The summed E-state index contributed by atoms with van der Waals surface area (Å²) in [6, 6.07) is 12.5. The van der Waals surface area contributed by atoms with Crippen LogP contribution < -0.4 is 9.47 Å². The van der Waals surface area contributed by atoms with Gasteiger partial charge in [-0.3, -0.25) is 0 Å². The van der Waals surface area contributed by atoms with Crippen LogP contribution in [0.2, 0.25) is 0 Å². The molecule has 0 atom stereocenters. The quantitative estimate of drug-likeness (QED) is 0.926. The van der Waals surface area contributed by atoms with Crippen LogP contribution in [0.1, 0.15) is 16.7 Å². The average Bonchev–Trinajstić information content (AvgIpc) is 2.49. The fourth-order valence-electron chi connectivity index (χ4n) is 1.86. The van der Waals surface area contributed by atoms with Crippen LogP contribution in [0.4, 0.5) is 0 Å². The van der Waals surface area contributed by atoms with E-state index in [-0.39, 0.29) is 6.61 Å². The normalized spacial score (nSPS) is 9.90. The van der Waals surface area contributed by atoms with E-state index in [1.807, 2.05) is 13.0 Å². The van der Waals surface area contributed by atoms with Gasteiger partial charge in [-0.25, -0.2) is 0 Å². The number of rotatable bonds is 4. The van der Waals surface area contributed by atoms with E-state index in [2.05, 4.69) is 6.07 Å². The van der Waals surface area contributed by atoms with Gasteiger partial charge >= 0.3 is 0 Å². The van der Waals surface area contributed by atoms with E-state index >= 15 is 0 Å². The van der Waals surface area contributed by atoms with Gasteiger partial charge in [-0.2, -0.15) is 5.26 Å². The van der Waals surface area contributed by atoms with Crippen LogP contribution in [0.15, 0.2) is 36.4 Å². The summed E-state index contributed by atoms with van der Waals surface area (Å²) >= 11 is 0. The lowest BCUT2D eigenvalue weighted by Gasteiger charge is -2.13. The van der Waals surface area contributed by atoms with Crippen LogP contribution in [0.3, 0.4) is 0 Å². The van der Waals surface area contributed by atoms with Gasteiger partial charge in [0.05, 0.1) is 25.3 Å². The molecule has 4 nitrogen and oxygen atoms in total. The molecular formula is C16H15NO3. The predicted octanol–water partition coefficient (Wildman–Crippen LogP) is 3.16. The third-order valence-corrected chi connectivity index (χ3v) is 2.93. The Balaban J connectivity index is 2.32. The number of nitrogens with zero attached hydrogens (tertiary/aromatic N) is 1. The monoisotopic (exact) mass is 269 g/mol. The van der Waals surface area contributed by atoms with Gasteiger partial charge in [0.1, 0.15) is 5.75 Å². The summed E-state index contributed by atoms with van der Waals surface area (Å²) in [4.78, 5) is 0. The summed E-state index contributed by atoms with van der Waals surface area (Å²) in [6.07, 6.45) is 0. The molecule has 0 fully saturated rings. The zero-order valence-electron chi connectivity index (χ0n) is 11.4. The second kappa shape index (κ2) is 6.09. The minimum Gasteiger partial charge on any atom is -0.493 e. The number of nitriles is 1. The van der Waals surface area contributed by atoms with Crippen molar-refractivity contribution in [2.45, 2.75) is 13.5 Å². The van der Waals surface area contributed by atoms with Crippen LogP contribution >= 0.6 is 0 Å². The molecule has 102 valence electrons. The first-order chi connectivity index (χ1) is 9.67. The predicted molar refractivity (Wildman–Crippen MR) is 74.9 cm³/mol. The third kappa shape index (κ3) is 2.90. The number of hydrogen-bond acceptors (Lipinski definition) is 4. The maximum absolute atomic E-state index is 9.09. The lowest BCUT2D eigenvalue weighted by atomic mass is 10.1. The molecule has 0 aliphatic heterocycles. The molecule has 2 aromatic rings. The van der Waals surface area contributed by atoms with E-state index < -0.39 is 0 Å². The molecule has 0 spiro atoms. The molecular weight excluding hydrogens is 254 g/mol. The highest BCUT2D eigenvalue weighted by atomic mass is 16.5. The molecule has 20 heavy (non-hydrogen) atoms. The summed E-state index contributed by atoms with van der Waals surface area (Å²) < 4.78 is 11.0. The van der Waals surface area contributed by atoms with Gasteiger partial charge in [0.15, 0.2) is 11.5 Å². The first kappa shape index (κ1) is 13.9. The average molecular weight is 269 g/mol. The van der Waals surface area contributed by atoms with E-state index in [4.69, 9.17) is 19.8 Å². The fraction of sp³-hybridized carbons (Fsp3) is 0.188. The van der Waals surface area contributed by atoms with Crippen LogP contribution in [0.5, 0.6) is 17.2 Å². The molecule has 1 N–H and O–H groups in total. The number of aryl methyl sites for hydroxylation is 1. The van der Waals surface area contributed by atoms with Crippen molar-refractivity contribution in [2.75, 3.05) is 7.11 Å². The minimum atomic E-state index is 0.00130. The van der Waals surface area contributed by atoms with E-state index in [9.17, 15) is 0 Å². The highest BCUT2D eigenvalue weighted by molar-refractivity contribution is 5.49. The molecule has 2 aromatic carbocycles. The molecule has 0 aromatic heterocycles. The number of benzene rings is 2. The van der Waals surface area contributed by atoms with Crippen molar-refractivity contribution in [3.05, 3.63) is 53.1 Å². The fourth-order valence-corrected chi connectivity index (χ4v) is 1.86. The zero-order valence-corrected chi connectivity index (χ0v) is 11.4. The molecule has 0 amide bonds. The van der Waals surface area contributed by atoms with Gasteiger partial charge in [0, 0.05) is 6.07 Å². The maximum atomic E-state index is 9.09. The molecule has 0 aliphatic carbocycles. The summed E-state index contributed by atoms with van der Waals surface area (Å²) in [5.74, 6) is 1.74. The second-order valence-electron chi connectivity index (χ2n) is 4.34. The third-order valence-electron chi connectivity index (χ3n) is 2.93. The lowest BCUT2D eigenvalue weighted by molar-refractivity contribution is 0.281. The van der Waals surface area contributed by atoms with Crippen molar-refractivity contribution in [3.8, 4) is 23.3 Å². The number of methoxy groups -OCH3 is 1. The van der Waals surface area contributed by atoms with Gasteiger partial charge in [0.25, 0.3) is 0 Å². The first-order valence-corrected chi connectivity index (χ1v) is 6.14. The van der Waals surface area contributed by atoms with Gasteiger partial charge in [-0.05, 0) is 36.2 Å². The minimum absolute atomic E-state index is 0.00130. The molecule has 2 rings (SSSR count). The largest absolute Gasteiger partial charge is 0.493 e. The Bertz CT molecular complexity index is 659. The van der Waals surface area contributed by atoms with Crippen LogP contribution in [-0.2, 0) is 6.61 Å². The Kier molecular flexibility index (Phi) is 4.24. The molecule has 0 saturated heterocycles. The SMILES string of the molecule is COc1cc(C#N)ccc1Oc1ccc(CO)cc1C. The van der Waals surface area contributed by atoms with Gasteiger partial charge in [0.2, 0.25) is 0 Å². The van der Waals surface area contributed by atoms with Gasteiger partial charge in [-0.15, -0.1) is 0 Å². The Morgan fingerprint density at radius 3 is 2.45 bits per heavy atom. The van der Waals surface area contributed by atoms with Crippen LogP contribution in [-0.4, -0.2) is 12.2 Å². The standard InChI is InChI=1S/C16H15NO3/c1-11-7-13(10-18)4-5-14(11)20-15-6-3-12(9-17)8-16(15)19-2/h3-8,18H,10H2,1-2H3. The van der Waals surface area contributed by atoms with Crippen molar-refractivity contribution < 1.29 is 14.6 Å². The van der Waals surface area contributed by atoms with E-state index in [0.29, 0.717) is 22.8 Å². The number of aliphatic hydroxyl groups excluding tert-OH is 1. The summed E-state index contributed by atoms with van der Waals surface area (Å²) in [5, 5.41) is 18.0.